The molecule has 0 bridgehead atoms. The molecule has 0 radical (unpaired) electrons. The number of non-ortho nitro benzene ring substituents is 1. The summed E-state index contributed by atoms with van der Waals surface area (Å²) in [6.45, 7) is -0.0183. The zero-order valence-electron chi connectivity index (χ0n) is 14.0. The molecule has 0 atom stereocenters. The van der Waals surface area contributed by atoms with Crippen molar-refractivity contribution in [2.75, 3.05) is 26.1 Å². The molecule has 9 nitrogen and oxygen atoms in total. The second-order valence-electron chi connectivity index (χ2n) is 5.30. The standard InChI is InChI=1S/C15H18N4O5S/c1-18(2)15-11(5-4-8-16-15)10-17-25(22,23)14-9-12(19(20)21)6-7-13(14)24-3/h4-9,17H,10H2,1-3H3. The molecule has 2 aromatic rings. The van der Waals surface area contributed by atoms with E-state index in [4.69, 9.17) is 4.74 Å². The van der Waals surface area contributed by atoms with Gasteiger partial charge in [0.1, 0.15) is 16.5 Å². The average molecular weight is 366 g/mol. The Morgan fingerprint density at radius 1 is 1.32 bits per heavy atom. The molecule has 10 heteroatoms. The number of anilines is 1. The lowest BCUT2D eigenvalue weighted by Gasteiger charge is -2.16. The zero-order valence-corrected chi connectivity index (χ0v) is 14.8. The van der Waals surface area contributed by atoms with Crippen molar-refractivity contribution in [2.24, 2.45) is 0 Å². The molecule has 134 valence electrons. The predicted octanol–water partition coefficient (Wildman–Crippen LogP) is 1.54. The number of pyridine rings is 1. The van der Waals surface area contributed by atoms with Gasteiger partial charge in [-0.3, -0.25) is 10.1 Å². The first kappa shape index (κ1) is 18.6. The number of nitro benzene ring substituents is 1. The topological polar surface area (TPSA) is 115 Å². The summed E-state index contributed by atoms with van der Waals surface area (Å²) in [5.41, 5.74) is 0.331. The molecule has 0 saturated heterocycles. The third kappa shape index (κ3) is 4.22. The number of sulfonamides is 1. The fourth-order valence-electron chi connectivity index (χ4n) is 2.21. The van der Waals surface area contributed by atoms with E-state index in [1.165, 1.54) is 19.2 Å². The smallest absolute Gasteiger partial charge is 0.271 e. The van der Waals surface area contributed by atoms with Gasteiger partial charge in [0.25, 0.3) is 5.69 Å². The molecule has 0 aliphatic heterocycles. The summed E-state index contributed by atoms with van der Waals surface area (Å²) in [7, 11) is 0.863. The van der Waals surface area contributed by atoms with E-state index in [-0.39, 0.29) is 22.9 Å². The van der Waals surface area contributed by atoms with Gasteiger partial charge in [0.15, 0.2) is 0 Å². The Balaban J connectivity index is 2.34. The Labute approximate surface area is 145 Å². The van der Waals surface area contributed by atoms with Crippen molar-refractivity contribution in [3.8, 4) is 5.75 Å². The highest BCUT2D eigenvalue weighted by atomic mass is 32.2. The van der Waals surface area contributed by atoms with Crippen molar-refractivity contribution in [1.82, 2.24) is 9.71 Å². The highest BCUT2D eigenvalue weighted by Crippen LogP contribution is 2.28. The summed E-state index contributed by atoms with van der Waals surface area (Å²) in [5.74, 6) is 0.647. The monoisotopic (exact) mass is 366 g/mol. The van der Waals surface area contributed by atoms with Gasteiger partial charge in [-0.1, -0.05) is 6.07 Å². The maximum Gasteiger partial charge on any atom is 0.271 e. The summed E-state index contributed by atoms with van der Waals surface area (Å²) in [5, 5.41) is 10.9. The molecule has 0 aliphatic carbocycles. The van der Waals surface area contributed by atoms with Crippen LogP contribution in [0.2, 0.25) is 0 Å². The Bertz CT molecular complexity index is 883. The van der Waals surface area contributed by atoms with E-state index in [1.54, 1.807) is 37.3 Å². The van der Waals surface area contributed by atoms with Crippen LogP contribution >= 0.6 is 0 Å². The Morgan fingerprint density at radius 3 is 2.64 bits per heavy atom. The van der Waals surface area contributed by atoms with Crippen LogP contribution in [0, 0.1) is 10.1 Å². The van der Waals surface area contributed by atoms with Crippen LogP contribution in [0.4, 0.5) is 11.5 Å². The number of ether oxygens (including phenoxy) is 1. The second-order valence-corrected chi connectivity index (χ2v) is 7.03. The van der Waals surface area contributed by atoms with E-state index in [2.05, 4.69) is 9.71 Å². The lowest BCUT2D eigenvalue weighted by Crippen LogP contribution is -2.25. The molecule has 25 heavy (non-hydrogen) atoms. The van der Waals surface area contributed by atoms with Gasteiger partial charge in [0.2, 0.25) is 10.0 Å². The largest absolute Gasteiger partial charge is 0.495 e. The third-order valence-electron chi connectivity index (χ3n) is 3.39. The number of benzene rings is 1. The number of nitro groups is 1. The molecule has 2 rings (SSSR count). The maximum atomic E-state index is 12.6. The Kier molecular flexibility index (Phi) is 5.55. The van der Waals surface area contributed by atoms with Gasteiger partial charge >= 0.3 is 0 Å². The average Bonchev–Trinajstić information content (AvgIpc) is 2.59. The first-order chi connectivity index (χ1) is 11.8. The highest BCUT2D eigenvalue weighted by molar-refractivity contribution is 7.89. The number of nitrogens with one attached hydrogen (secondary N) is 1. The van der Waals surface area contributed by atoms with Gasteiger partial charge in [-0.15, -0.1) is 0 Å². The summed E-state index contributed by atoms with van der Waals surface area (Å²) in [6, 6.07) is 6.85. The molecule has 1 heterocycles. The van der Waals surface area contributed by atoms with Gasteiger partial charge in [0, 0.05) is 44.5 Å². The van der Waals surface area contributed by atoms with Crippen molar-refractivity contribution in [1.29, 1.82) is 0 Å². The number of methoxy groups -OCH3 is 1. The van der Waals surface area contributed by atoms with Gasteiger partial charge in [-0.25, -0.2) is 18.1 Å². The summed E-state index contributed by atoms with van der Waals surface area (Å²) >= 11 is 0. The number of aromatic nitrogens is 1. The molecule has 0 aliphatic rings. The van der Waals surface area contributed by atoms with Crippen molar-refractivity contribution in [2.45, 2.75) is 11.4 Å². The molecule has 0 spiro atoms. The number of nitrogens with zero attached hydrogens (tertiary/aromatic N) is 3. The SMILES string of the molecule is COc1ccc([N+](=O)[O-])cc1S(=O)(=O)NCc1cccnc1N(C)C. The first-order valence-electron chi connectivity index (χ1n) is 7.19. The van der Waals surface area contributed by atoms with Crippen LogP contribution in [0.3, 0.4) is 0 Å². The number of hydrogen-bond donors (Lipinski definition) is 1. The third-order valence-corrected chi connectivity index (χ3v) is 4.81. The molecular weight excluding hydrogens is 348 g/mol. The molecule has 0 amide bonds. The number of rotatable bonds is 7. The van der Waals surface area contributed by atoms with Crippen LogP contribution in [-0.2, 0) is 16.6 Å². The van der Waals surface area contributed by atoms with E-state index < -0.39 is 14.9 Å². The van der Waals surface area contributed by atoms with Gasteiger partial charge in [-0.2, -0.15) is 0 Å². The fraction of sp³-hybridized carbons (Fsp3) is 0.267. The van der Waals surface area contributed by atoms with Crippen LogP contribution in [0.25, 0.3) is 0 Å². The molecular formula is C15H18N4O5S. The maximum absolute atomic E-state index is 12.6. The molecule has 1 aromatic heterocycles. The minimum absolute atomic E-state index is 0.0183. The van der Waals surface area contributed by atoms with Crippen LogP contribution in [0.5, 0.6) is 5.75 Å². The normalized spacial score (nSPS) is 11.2. The highest BCUT2D eigenvalue weighted by Gasteiger charge is 2.23. The number of hydrogen-bond acceptors (Lipinski definition) is 7. The Hall–Kier alpha value is -2.72. The van der Waals surface area contributed by atoms with Gasteiger partial charge in [-0.05, 0) is 12.1 Å². The Morgan fingerprint density at radius 2 is 2.04 bits per heavy atom. The van der Waals surface area contributed by atoms with Crippen molar-refractivity contribution in [3.05, 3.63) is 52.2 Å². The predicted molar refractivity (Wildman–Crippen MR) is 92.2 cm³/mol. The molecule has 1 aromatic carbocycles. The van der Waals surface area contributed by atoms with Crippen LogP contribution < -0.4 is 14.4 Å². The molecule has 0 saturated carbocycles. The van der Waals surface area contributed by atoms with Crippen molar-refractivity contribution in [3.63, 3.8) is 0 Å². The fourth-order valence-corrected chi connectivity index (χ4v) is 3.40. The van der Waals surface area contributed by atoms with Gasteiger partial charge in [0.05, 0.1) is 12.0 Å². The first-order valence-corrected chi connectivity index (χ1v) is 8.68. The quantitative estimate of drug-likeness (QED) is 0.584. The lowest BCUT2D eigenvalue weighted by atomic mass is 10.2. The van der Waals surface area contributed by atoms with Crippen LogP contribution in [0.1, 0.15) is 5.56 Å². The van der Waals surface area contributed by atoms with E-state index in [1.807, 2.05) is 0 Å². The van der Waals surface area contributed by atoms with E-state index in [0.29, 0.717) is 11.4 Å². The minimum Gasteiger partial charge on any atom is -0.495 e. The minimum atomic E-state index is -4.03. The van der Waals surface area contributed by atoms with Gasteiger partial charge < -0.3 is 9.64 Å². The van der Waals surface area contributed by atoms with Crippen LogP contribution in [-0.4, -0.2) is 39.5 Å². The molecule has 0 unspecified atom stereocenters. The van der Waals surface area contributed by atoms with E-state index in [9.17, 15) is 18.5 Å². The summed E-state index contributed by atoms with van der Waals surface area (Å²) < 4.78 is 32.6. The van der Waals surface area contributed by atoms with Crippen molar-refractivity contribution >= 4 is 21.5 Å². The lowest BCUT2D eigenvalue weighted by molar-refractivity contribution is -0.385. The van der Waals surface area contributed by atoms with E-state index >= 15 is 0 Å². The summed E-state index contributed by atoms with van der Waals surface area (Å²) in [4.78, 5) is 15.9. The summed E-state index contributed by atoms with van der Waals surface area (Å²) in [6.07, 6.45) is 1.61. The second kappa shape index (κ2) is 7.45. The zero-order chi connectivity index (χ0) is 18.6. The van der Waals surface area contributed by atoms with E-state index in [0.717, 1.165) is 6.07 Å². The molecule has 0 fully saturated rings. The molecule has 1 N–H and O–H groups in total. The van der Waals surface area contributed by atoms with Crippen LogP contribution in [0.15, 0.2) is 41.4 Å². The van der Waals surface area contributed by atoms with Crippen molar-refractivity contribution < 1.29 is 18.1 Å².